The number of allylic oxidation sites excluding steroid dienone is 1. The highest BCUT2D eigenvalue weighted by atomic mass is 16.5. The molecular formula is C28H44O3. The van der Waals surface area contributed by atoms with Crippen LogP contribution >= 0.6 is 0 Å². The fourth-order valence-corrected chi connectivity index (χ4v) is 8.60. The quantitative estimate of drug-likeness (QED) is 0.342. The Hall–Kier alpha value is -1.12. The number of ketones is 1. The second-order valence-corrected chi connectivity index (χ2v) is 11.9. The number of esters is 1. The zero-order valence-corrected chi connectivity index (χ0v) is 20.5. The first-order valence-corrected chi connectivity index (χ1v) is 13.1. The summed E-state index contributed by atoms with van der Waals surface area (Å²) in [5, 5.41) is 0. The van der Waals surface area contributed by atoms with Gasteiger partial charge in [0.2, 0.25) is 0 Å². The Labute approximate surface area is 189 Å². The van der Waals surface area contributed by atoms with Gasteiger partial charge in [0.05, 0.1) is 0 Å². The van der Waals surface area contributed by atoms with Gasteiger partial charge >= 0.3 is 5.97 Å². The van der Waals surface area contributed by atoms with Crippen LogP contribution in [-0.4, -0.2) is 17.9 Å². The highest BCUT2D eigenvalue weighted by Crippen LogP contribution is 2.66. The predicted molar refractivity (Wildman–Crippen MR) is 124 cm³/mol. The zero-order valence-electron chi connectivity index (χ0n) is 20.5. The van der Waals surface area contributed by atoms with Crippen LogP contribution in [0.5, 0.6) is 0 Å². The van der Waals surface area contributed by atoms with Gasteiger partial charge in [-0.25, -0.2) is 0 Å². The lowest BCUT2D eigenvalue weighted by molar-refractivity contribution is -0.149. The molecule has 174 valence electrons. The molecule has 8 atom stereocenters. The summed E-state index contributed by atoms with van der Waals surface area (Å²) in [6.45, 7) is 11.2. The number of carbonyl (C=O) groups excluding carboxylic acids is 2. The lowest BCUT2D eigenvalue weighted by Gasteiger charge is -2.57. The molecule has 0 amide bonds. The van der Waals surface area contributed by atoms with Gasteiger partial charge in [0.1, 0.15) is 6.10 Å². The molecule has 0 aliphatic heterocycles. The van der Waals surface area contributed by atoms with Gasteiger partial charge in [0.15, 0.2) is 5.78 Å². The first-order chi connectivity index (χ1) is 14.7. The molecule has 3 fully saturated rings. The lowest BCUT2D eigenvalue weighted by atomic mass is 9.46. The Morgan fingerprint density at radius 1 is 1.13 bits per heavy atom. The number of rotatable bonds is 6. The molecule has 3 saturated carbocycles. The van der Waals surface area contributed by atoms with E-state index in [0.29, 0.717) is 23.0 Å². The van der Waals surface area contributed by atoms with E-state index >= 15 is 0 Å². The van der Waals surface area contributed by atoms with E-state index in [2.05, 4.69) is 27.7 Å². The van der Waals surface area contributed by atoms with E-state index in [1.54, 1.807) is 0 Å². The van der Waals surface area contributed by atoms with E-state index in [1.165, 1.54) is 63.9 Å². The SMILES string of the molecule is CCCCCC(C)C1CCC2C3C(=O)C=C4CC(OC(C)=O)CCC4(C)C3CCC12C. The second kappa shape index (κ2) is 8.67. The fraction of sp³-hybridized carbons (Fsp3) is 0.857. The van der Waals surface area contributed by atoms with Crippen molar-refractivity contribution < 1.29 is 14.3 Å². The van der Waals surface area contributed by atoms with Gasteiger partial charge in [-0.2, -0.15) is 0 Å². The van der Waals surface area contributed by atoms with Crippen LogP contribution in [0, 0.1) is 40.4 Å². The largest absolute Gasteiger partial charge is 0.462 e. The van der Waals surface area contributed by atoms with Gasteiger partial charge in [-0.05, 0) is 79.1 Å². The van der Waals surface area contributed by atoms with Crippen LogP contribution in [0.4, 0.5) is 0 Å². The fourth-order valence-electron chi connectivity index (χ4n) is 8.60. The molecule has 0 aromatic carbocycles. The maximum absolute atomic E-state index is 13.5. The summed E-state index contributed by atoms with van der Waals surface area (Å²) in [6, 6.07) is 0. The topological polar surface area (TPSA) is 43.4 Å². The van der Waals surface area contributed by atoms with E-state index in [0.717, 1.165) is 31.1 Å². The number of unbranched alkanes of at least 4 members (excludes halogenated alkanes) is 2. The summed E-state index contributed by atoms with van der Waals surface area (Å²) >= 11 is 0. The zero-order chi connectivity index (χ0) is 22.4. The van der Waals surface area contributed by atoms with E-state index in [1.807, 2.05) is 6.08 Å². The molecule has 0 spiro atoms. The lowest BCUT2D eigenvalue weighted by Crippen LogP contribution is -2.53. The first-order valence-electron chi connectivity index (χ1n) is 13.1. The molecule has 0 N–H and O–H groups in total. The molecule has 0 aromatic rings. The number of ether oxygens (including phenoxy) is 1. The summed E-state index contributed by atoms with van der Waals surface area (Å²) in [7, 11) is 0. The van der Waals surface area contributed by atoms with Gasteiger partial charge < -0.3 is 4.74 Å². The van der Waals surface area contributed by atoms with Crippen LogP contribution < -0.4 is 0 Å². The molecule has 4 aliphatic carbocycles. The summed E-state index contributed by atoms with van der Waals surface area (Å²) in [4.78, 5) is 25.0. The Balaban J connectivity index is 1.54. The molecule has 4 rings (SSSR count). The smallest absolute Gasteiger partial charge is 0.302 e. The van der Waals surface area contributed by atoms with Crippen molar-refractivity contribution in [3.8, 4) is 0 Å². The highest BCUT2D eigenvalue weighted by molar-refractivity contribution is 5.94. The second-order valence-electron chi connectivity index (χ2n) is 11.9. The molecule has 0 heterocycles. The monoisotopic (exact) mass is 428 g/mol. The van der Waals surface area contributed by atoms with Crippen LogP contribution in [0.15, 0.2) is 11.6 Å². The molecule has 3 nitrogen and oxygen atoms in total. The van der Waals surface area contributed by atoms with Crippen molar-refractivity contribution in [2.75, 3.05) is 0 Å². The maximum atomic E-state index is 13.5. The molecule has 3 heteroatoms. The molecule has 8 unspecified atom stereocenters. The number of hydrogen-bond acceptors (Lipinski definition) is 3. The van der Waals surface area contributed by atoms with Gasteiger partial charge in [-0.15, -0.1) is 0 Å². The van der Waals surface area contributed by atoms with Crippen molar-refractivity contribution in [1.29, 1.82) is 0 Å². The van der Waals surface area contributed by atoms with Gasteiger partial charge in [-0.1, -0.05) is 59.0 Å². The minimum absolute atomic E-state index is 0.0464. The van der Waals surface area contributed by atoms with Crippen LogP contribution in [0.25, 0.3) is 0 Å². The number of hydrogen-bond donors (Lipinski definition) is 0. The third-order valence-corrected chi connectivity index (χ3v) is 10.3. The predicted octanol–water partition coefficient (Wildman–Crippen LogP) is 6.89. The highest BCUT2D eigenvalue weighted by Gasteiger charge is 2.61. The summed E-state index contributed by atoms with van der Waals surface area (Å²) in [5.74, 6) is 2.98. The van der Waals surface area contributed by atoms with Crippen molar-refractivity contribution >= 4 is 11.8 Å². The van der Waals surface area contributed by atoms with E-state index in [9.17, 15) is 9.59 Å². The van der Waals surface area contributed by atoms with Gasteiger partial charge in [0.25, 0.3) is 0 Å². The molecule has 0 bridgehead atoms. The molecule has 4 aliphatic rings. The minimum Gasteiger partial charge on any atom is -0.462 e. The molecule has 0 radical (unpaired) electrons. The number of fused-ring (bicyclic) bond motifs is 5. The standard InChI is InChI=1S/C28H44O3/c1-6-7-8-9-18(2)22-10-11-23-26-24(13-15-28(22,23)5)27(4)14-12-21(31-19(3)29)16-20(27)17-25(26)30/h17-18,21-24,26H,6-16H2,1-5H3. The van der Waals surface area contributed by atoms with Crippen molar-refractivity contribution in [1.82, 2.24) is 0 Å². The van der Waals surface area contributed by atoms with Crippen molar-refractivity contribution in [2.45, 2.75) is 111 Å². The third-order valence-electron chi connectivity index (χ3n) is 10.3. The summed E-state index contributed by atoms with van der Waals surface area (Å²) in [6.07, 6.45) is 15.1. The first kappa shape index (κ1) is 23.1. The van der Waals surface area contributed by atoms with E-state index in [-0.39, 0.29) is 23.4 Å². The van der Waals surface area contributed by atoms with Crippen LogP contribution in [-0.2, 0) is 14.3 Å². The molecule has 31 heavy (non-hydrogen) atoms. The average molecular weight is 429 g/mol. The van der Waals surface area contributed by atoms with Crippen LogP contribution in [0.3, 0.4) is 0 Å². The number of carbonyl (C=O) groups is 2. The Morgan fingerprint density at radius 2 is 1.90 bits per heavy atom. The Kier molecular flexibility index (Phi) is 6.45. The van der Waals surface area contributed by atoms with Gasteiger partial charge in [-0.3, -0.25) is 9.59 Å². The van der Waals surface area contributed by atoms with Crippen LogP contribution in [0.2, 0.25) is 0 Å². The van der Waals surface area contributed by atoms with E-state index < -0.39 is 0 Å². The van der Waals surface area contributed by atoms with Crippen molar-refractivity contribution in [3.63, 3.8) is 0 Å². The molecule has 0 saturated heterocycles. The maximum Gasteiger partial charge on any atom is 0.302 e. The molecular weight excluding hydrogens is 384 g/mol. The Bertz CT molecular complexity index is 739. The minimum atomic E-state index is -0.201. The van der Waals surface area contributed by atoms with E-state index in [4.69, 9.17) is 4.74 Å². The molecule has 0 aromatic heterocycles. The van der Waals surface area contributed by atoms with Gasteiger partial charge in [0, 0.05) is 19.3 Å². The summed E-state index contributed by atoms with van der Waals surface area (Å²) in [5.41, 5.74) is 1.71. The average Bonchev–Trinajstić information content (AvgIpc) is 3.06. The Morgan fingerprint density at radius 3 is 2.61 bits per heavy atom. The van der Waals surface area contributed by atoms with Crippen molar-refractivity contribution in [3.05, 3.63) is 11.6 Å². The third kappa shape index (κ3) is 3.93. The van der Waals surface area contributed by atoms with Crippen molar-refractivity contribution in [2.24, 2.45) is 40.4 Å². The normalized spacial score (nSPS) is 42.8. The van der Waals surface area contributed by atoms with Crippen LogP contribution in [0.1, 0.15) is 105 Å². The summed E-state index contributed by atoms with van der Waals surface area (Å²) < 4.78 is 5.53.